The summed E-state index contributed by atoms with van der Waals surface area (Å²) in [6.45, 7) is 0.547. The van der Waals surface area contributed by atoms with E-state index in [2.05, 4.69) is 10.3 Å². The van der Waals surface area contributed by atoms with Crippen LogP contribution >= 0.6 is 11.3 Å². The molecule has 1 aliphatic heterocycles. The van der Waals surface area contributed by atoms with Gasteiger partial charge in [0.15, 0.2) is 10.9 Å². The summed E-state index contributed by atoms with van der Waals surface area (Å²) in [4.78, 5) is 30.9. The first-order chi connectivity index (χ1) is 11.7. The number of rotatable bonds is 3. The minimum Gasteiger partial charge on any atom is -0.451 e. The van der Waals surface area contributed by atoms with E-state index in [0.29, 0.717) is 23.7 Å². The van der Waals surface area contributed by atoms with E-state index in [9.17, 15) is 9.59 Å². The lowest BCUT2D eigenvalue weighted by Crippen LogP contribution is -2.43. The Balaban J connectivity index is 1.55. The van der Waals surface area contributed by atoms with Crippen molar-refractivity contribution in [3.8, 4) is 0 Å². The molecule has 1 aliphatic rings. The van der Waals surface area contributed by atoms with Gasteiger partial charge in [0, 0.05) is 23.5 Å². The fraction of sp³-hybridized carbons (Fsp3) is 0.235. The summed E-state index contributed by atoms with van der Waals surface area (Å²) in [5, 5.41) is 5.99. The minimum atomic E-state index is -0.491. The van der Waals surface area contributed by atoms with Crippen LogP contribution in [0.4, 0.5) is 5.13 Å². The van der Waals surface area contributed by atoms with Gasteiger partial charge >= 0.3 is 0 Å². The first-order valence-electron chi connectivity index (χ1n) is 7.72. The summed E-state index contributed by atoms with van der Waals surface area (Å²) in [5.74, 6) is -0.181. The molecule has 4 rings (SSSR count). The summed E-state index contributed by atoms with van der Waals surface area (Å²) in [5.41, 5.74) is 0.670. The molecule has 2 amide bonds. The average Bonchev–Trinajstić information content (AvgIpc) is 3.33. The van der Waals surface area contributed by atoms with Crippen molar-refractivity contribution in [3.63, 3.8) is 0 Å². The lowest BCUT2D eigenvalue weighted by Gasteiger charge is -2.22. The first-order valence-corrected chi connectivity index (χ1v) is 8.60. The molecule has 0 radical (unpaired) electrons. The normalized spacial score (nSPS) is 17.3. The zero-order valence-corrected chi connectivity index (χ0v) is 13.6. The number of anilines is 1. The smallest absolute Gasteiger partial charge is 0.290 e. The largest absolute Gasteiger partial charge is 0.451 e. The molecule has 0 bridgehead atoms. The number of thiazole rings is 1. The van der Waals surface area contributed by atoms with Gasteiger partial charge in [0.1, 0.15) is 11.6 Å². The third-order valence-corrected chi connectivity index (χ3v) is 4.80. The number of amides is 2. The van der Waals surface area contributed by atoms with Gasteiger partial charge in [0.25, 0.3) is 5.91 Å². The van der Waals surface area contributed by atoms with E-state index in [1.54, 1.807) is 22.5 Å². The van der Waals surface area contributed by atoms with Crippen LogP contribution in [0.1, 0.15) is 23.4 Å². The summed E-state index contributed by atoms with van der Waals surface area (Å²) in [6, 6.07) is 8.71. The summed E-state index contributed by atoms with van der Waals surface area (Å²) < 4.78 is 5.64. The van der Waals surface area contributed by atoms with Gasteiger partial charge in [-0.3, -0.25) is 9.59 Å². The van der Waals surface area contributed by atoms with Crippen molar-refractivity contribution in [2.24, 2.45) is 0 Å². The molecule has 0 spiro atoms. The van der Waals surface area contributed by atoms with E-state index in [0.717, 1.165) is 11.8 Å². The Kier molecular flexibility index (Phi) is 3.78. The molecule has 1 aromatic carbocycles. The molecule has 1 N–H and O–H groups in total. The molecule has 0 unspecified atom stereocenters. The maximum Gasteiger partial charge on any atom is 0.290 e. The van der Waals surface area contributed by atoms with Crippen molar-refractivity contribution in [3.05, 3.63) is 47.7 Å². The van der Waals surface area contributed by atoms with E-state index >= 15 is 0 Å². The van der Waals surface area contributed by atoms with Gasteiger partial charge in [-0.2, -0.15) is 0 Å². The third kappa shape index (κ3) is 2.67. The third-order valence-electron chi connectivity index (χ3n) is 4.12. The van der Waals surface area contributed by atoms with E-state index in [1.165, 1.54) is 11.3 Å². The molecular weight excluding hydrogens is 326 g/mol. The van der Waals surface area contributed by atoms with Crippen LogP contribution in [-0.2, 0) is 4.79 Å². The number of nitrogens with zero attached hydrogens (tertiary/aromatic N) is 2. The summed E-state index contributed by atoms with van der Waals surface area (Å²) in [7, 11) is 0. The van der Waals surface area contributed by atoms with Crippen LogP contribution in [0, 0.1) is 0 Å². The van der Waals surface area contributed by atoms with Crippen molar-refractivity contribution >= 4 is 39.3 Å². The lowest BCUT2D eigenvalue weighted by atomic mass is 10.2. The fourth-order valence-electron chi connectivity index (χ4n) is 2.99. The second-order valence-corrected chi connectivity index (χ2v) is 6.53. The number of aromatic nitrogens is 1. The highest BCUT2D eigenvalue weighted by molar-refractivity contribution is 7.13. The van der Waals surface area contributed by atoms with Crippen LogP contribution in [-0.4, -0.2) is 34.3 Å². The van der Waals surface area contributed by atoms with Crippen molar-refractivity contribution in [2.75, 3.05) is 11.9 Å². The minimum absolute atomic E-state index is 0.202. The van der Waals surface area contributed by atoms with Crippen LogP contribution < -0.4 is 5.32 Å². The SMILES string of the molecule is O=C(Nc1nccs1)[C@@H]1CCCN1C(=O)c1cc2ccccc2o1. The molecule has 122 valence electrons. The highest BCUT2D eigenvalue weighted by Gasteiger charge is 2.36. The van der Waals surface area contributed by atoms with Gasteiger partial charge in [-0.25, -0.2) is 4.98 Å². The van der Waals surface area contributed by atoms with Gasteiger partial charge in [-0.15, -0.1) is 11.3 Å². The number of carbonyl (C=O) groups excluding carboxylic acids is 2. The Morgan fingerprint density at radius 2 is 2.21 bits per heavy atom. The highest BCUT2D eigenvalue weighted by Crippen LogP contribution is 2.25. The Morgan fingerprint density at radius 3 is 3.00 bits per heavy atom. The Labute approximate surface area is 142 Å². The van der Waals surface area contributed by atoms with Gasteiger partial charge < -0.3 is 14.6 Å². The number of para-hydroxylation sites is 1. The Bertz CT molecular complexity index is 855. The number of fused-ring (bicyclic) bond motifs is 1. The van der Waals surface area contributed by atoms with Crippen molar-refractivity contribution in [2.45, 2.75) is 18.9 Å². The summed E-state index contributed by atoms with van der Waals surface area (Å²) >= 11 is 1.35. The molecule has 0 saturated carbocycles. The predicted molar refractivity (Wildman–Crippen MR) is 91.0 cm³/mol. The number of likely N-dealkylation sites (tertiary alicyclic amines) is 1. The fourth-order valence-corrected chi connectivity index (χ4v) is 3.52. The topological polar surface area (TPSA) is 75.4 Å². The quantitative estimate of drug-likeness (QED) is 0.794. The van der Waals surface area contributed by atoms with Crippen molar-refractivity contribution < 1.29 is 14.0 Å². The van der Waals surface area contributed by atoms with Crippen LogP contribution in [0.3, 0.4) is 0 Å². The van der Waals surface area contributed by atoms with Crippen molar-refractivity contribution in [1.29, 1.82) is 0 Å². The van der Waals surface area contributed by atoms with Gasteiger partial charge in [0.2, 0.25) is 5.91 Å². The van der Waals surface area contributed by atoms with Gasteiger partial charge in [0.05, 0.1) is 0 Å². The number of nitrogens with one attached hydrogen (secondary N) is 1. The molecule has 1 atom stereocenters. The second-order valence-electron chi connectivity index (χ2n) is 5.63. The first kappa shape index (κ1) is 14.9. The molecule has 3 aromatic rings. The number of hydrogen-bond donors (Lipinski definition) is 1. The van der Waals surface area contributed by atoms with E-state index in [4.69, 9.17) is 4.42 Å². The molecule has 24 heavy (non-hydrogen) atoms. The van der Waals surface area contributed by atoms with Gasteiger partial charge in [-0.05, 0) is 25.0 Å². The molecule has 2 aromatic heterocycles. The van der Waals surface area contributed by atoms with Gasteiger partial charge in [-0.1, -0.05) is 18.2 Å². The number of furan rings is 1. The lowest BCUT2D eigenvalue weighted by molar-refractivity contribution is -0.119. The predicted octanol–water partition coefficient (Wildman–Crippen LogP) is 3.13. The highest BCUT2D eigenvalue weighted by atomic mass is 32.1. The van der Waals surface area contributed by atoms with Crippen LogP contribution in [0.25, 0.3) is 11.0 Å². The number of hydrogen-bond acceptors (Lipinski definition) is 5. The van der Waals surface area contributed by atoms with Crippen LogP contribution in [0.2, 0.25) is 0 Å². The molecule has 1 fully saturated rings. The van der Waals surface area contributed by atoms with Crippen LogP contribution in [0.5, 0.6) is 0 Å². The zero-order chi connectivity index (χ0) is 16.5. The monoisotopic (exact) mass is 341 g/mol. The van der Waals surface area contributed by atoms with E-state index < -0.39 is 6.04 Å². The molecule has 0 aliphatic carbocycles. The molecular formula is C17H15N3O3S. The molecule has 7 heteroatoms. The molecule has 6 nitrogen and oxygen atoms in total. The average molecular weight is 341 g/mol. The molecule has 3 heterocycles. The number of benzene rings is 1. The zero-order valence-electron chi connectivity index (χ0n) is 12.8. The second kappa shape index (κ2) is 6.09. The molecule has 1 saturated heterocycles. The number of carbonyl (C=O) groups is 2. The van der Waals surface area contributed by atoms with Crippen molar-refractivity contribution in [1.82, 2.24) is 9.88 Å². The maximum atomic E-state index is 12.8. The van der Waals surface area contributed by atoms with E-state index in [-0.39, 0.29) is 17.6 Å². The van der Waals surface area contributed by atoms with Crippen LogP contribution in [0.15, 0.2) is 46.3 Å². The Hall–Kier alpha value is -2.67. The standard InChI is InChI=1S/C17H15N3O3S/c21-15(19-17-18-7-9-24-17)12-5-3-8-20(12)16(22)14-10-11-4-1-2-6-13(11)23-14/h1-2,4,6-7,9-10,12H,3,5,8H2,(H,18,19,21)/t12-/m0/s1. The summed E-state index contributed by atoms with van der Waals surface area (Å²) in [6.07, 6.45) is 3.07. The maximum absolute atomic E-state index is 12.8. The Morgan fingerprint density at radius 1 is 1.33 bits per heavy atom. The van der Waals surface area contributed by atoms with E-state index in [1.807, 2.05) is 24.3 Å².